The minimum Gasteiger partial charge on any atom is -0.487 e. The molecule has 1 fully saturated rings. The second-order valence-corrected chi connectivity index (χ2v) is 7.55. The van der Waals surface area contributed by atoms with E-state index in [4.69, 9.17) is 14.0 Å². The average Bonchev–Trinajstić information content (AvgIpc) is 3.54. The lowest BCUT2D eigenvalue weighted by atomic mass is 9.99. The zero-order valence-corrected chi connectivity index (χ0v) is 17.2. The molecule has 4 aromatic rings. The summed E-state index contributed by atoms with van der Waals surface area (Å²) in [7, 11) is 1.91. The minimum absolute atomic E-state index is 0.0408. The number of hydrogen-bond acceptors (Lipinski definition) is 7. The number of nitrogens with zero attached hydrogens (tertiary/aromatic N) is 5. The van der Waals surface area contributed by atoms with Crippen molar-refractivity contribution in [2.45, 2.75) is 31.5 Å². The van der Waals surface area contributed by atoms with Crippen LogP contribution < -0.4 is 4.74 Å². The fourth-order valence-corrected chi connectivity index (χ4v) is 3.81. The Kier molecular flexibility index (Phi) is 5.45. The predicted molar refractivity (Wildman–Crippen MR) is 111 cm³/mol. The third kappa shape index (κ3) is 4.34. The first-order valence-corrected chi connectivity index (χ1v) is 10.3. The van der Waals surface area contributed by atoms with Gasteiger partial charge in [0.1, 0.15) is 18.5 Å². The number of rotatable bonds is 7. The van der Waals surface area contributed by atoms with Gasteiger partial charge in [0.05, 0.1) is 17.3 Å². The van der Waals surface area contributed by atoms with Gasteiger partial charge in [-0.2, -0.15) is 10.1 Å². The van der Waals surface area contributed by atoms with Crippen molar-refractivity contribution >= 4 is 0 Å². The molecule has 158 valence electrons. The molecule has 8 nitrogen and oxygen atoms in total. The maximum absolute atomic E-state index is 5.93. The van der Waals surface area contributed by atoms with Crippen molar-refractivity contribution in [2.24, 2.45) is 7.05 Å². The quantitative estimate of drug-likeness (QED) is 0.454. The second-order valence-electron chi connectivity index (χ2n) is 7.55. The van der Waals surface area contributed by atoms with Gasteiger partial charge in [0.2, 0.25) is 5.89 Å². The minimum atomic E-state index is -0.115. The molecule has 0 aliphatic carbocycles. The third-order valence-electron chi connectivity index (χ3n) is 5.44. The van der Waals surface area contributed by atoms with Crippen molar-refractivity contribution in [3.8, 4) is 5.75 Å². The van der Waals surface area contributed by atoms with Gasteiger partial charge in [-0.3, -0.25) is 9.67 Å². The molecule has 1 aliphatic heterocycles. The lowest BCUT2D eigenvalue weighted by Crippen LogP contribution is -2.11. The number of pyridine rings is 1. The molecule has 5 rings (SSSR count). The molecular weight excluding hydrogens is 394 g/mol. The number of aromatic nitrogens is 5. The zero-order chi connectivity index (χ0) is 21.0. The molecule has 0 radical (unpaired) electrons. The Labute approximate surface area is 179 Å². The molecule has 0 spiro atoms. The van der Waals surface area contributed by atoms with Crippen LogP contribution >= 0.6 is 0 Å². The van der Waals surface area contributed by atoms with Gasteiger partial charge in [0.15, 0.2) is 5.82 Å². The number of aryl methyl sites for hydroxylation is 1. The standard InChI is InChI=1S/C23H23N5O3/c1-28-20(9-12-25-28)22-19(10-13-29-22)23-26-21(27-31-23)14-16-5-7-18(8-6-16)30-15-17-4-2-3-11-24-17/h2-9,11-12,19,22H,10,13-15H2,1H3/t19-,22-/m1/s1. The average molecular weight is 417 g/mol. The molecule has 4 heterocycles. The summed E-state index contributed by atoms with van der Waals surface area (Å²) >= 11 is 0. The molecular formula is C23H23N5O3. The van der Waals surface area contributed by atoms with Crippen LogP contribution in [0.15, 0.2) is 65.4 Å². The van der Waals surface area contributed by atoms with Crippen molar-refractivity contribution in [1.29, 1.82) is 0 Å². The van der Waals surface area contributed by atoms with Gasteiger partial charge in [0.25, 0.3) is 0 Å². The summed E-state index contributed by atoms with van der Waals surface area (Å²) in [6.45, 7) is 1.11. The Morgan fingerprint density at radius 2 is 2.00 bits per heavy atom. The first kappa shape index (κ1) is 19.4. The maximum Gasteiger partial charge on any atom is 0.232 e. The van der Waals surface area contributed by atoms with Crippen LogP contribution in [0, 0.1) is 0 Å². The van der Waals surface area contributed by atoms with Crippen molar-refractivity contribution < 1.29 is 14.0 Å². The Morgan fingerprint density at radius 1 is 1.10 bits per heavy atom. The summed E-state index contributed by atoms with van der Waals surface area (Å²) in [5.41, 5.74) is 3.00. The van der Waals surface area contributed by atoms with Crippen molar-refractivity contribution in [1.82, 2.24) is 24.9 Å². The van der Waals surface area contributed by atoms with Gasteiger partial charge < -0.3 is 14.0 Å². The largest absolute Gasteiger partial charge is 0.487 e. The molecule has 1 aromatic carbocycles. The van der Waals surface area contributed by atoms with Crippen LogP contribution in [0.4, 0.5) is 0 Å². The Balaban J connectivity index is 1.22. The molecule has 0 N–H and O–H groups in total. The summed E-state index contributed by atoms with van der Waals surface area (Å²) in [5.74, 6) is 2.12. The van der Waals surface area contributed by atoms with Crippen molar-refractivity contribution in [3.05, 3.63) is 89.6 Å². The lowest BCUT2D eigenvalue weighted by Gasteiger charge is -2.15. The van der Waals surface area contributed by atoms with E-state index >= 15 is 0 Å². The SMILES string of the molecule is Cn1nccc1[C@@H]1OCC[C@H]1c1nc(Cc2ccc(OCc3ccccn3)cc2)no1. The highest BCUT2D eigenvalue weighted by Gasteiger charge is 2.36. The van der Waals surface area contributed by atoms with Crippen molar-refractivity contribution in [2.75, 3.05) is 6.61 Å². The Bertz CT molecular complexity index is 1120. The van der Waals surface area contributed by atoms with Crippen molar-refractivity contribution in [3.63, 3.8) is 0 Å². The molecule has 0 saturated carbocycles. The fraction of sp³-hybridized carbons (Fsp3) is 0.304. The van der Waals surface area contributed by atoms with Crippen LogP contribution in [0.25, 0.3) is 0 Å². The summed E-state index contributed by atoms with van der Waals surface area (Å²) in [5, 5.41) is 8.43. The molecule has 3 aromatic heterocycles. The van der Waals surface area contributed by atoms with Gasteiger partial charge in [0, 0.05) is 32.5 Å². The van der Waals surface area contributed by atoms with Crippen LogP contribution in [0.1, 0.15) is 47.1 Å². The van der Waals surface area contributed by atoms with E-state index in [1.165, 1.54) is 0 Å². The molecule has 1 aliphatic rings. The molecule has 1 saturated heterocycles. The van der Waals surface area contributed by atoms with E-state index in [0.717, 1.165) is 29.1 Å². The molecule has 8 heteroatoms. The lowest BCUT2D eigenvalue weighted by molar-refractivity contribution is 0.0921. The van der Waals surface area contributed by atoms with Gasteiger partial charge in [-0.05, 0) is 42.3 Å². The van der Waals surface area contributed by atoms with Gasteiger partial charge in [-0.1, -0.05) is 23.4 Å². The van der Waals surface area contributed by atoms with E-state index in [2.05, 4.69) is 20.2 Å². The first-order chi connectivity index (χ1) is 15.3. The van der Waals surface area contributed by atoms with E-state index < -0.39 is 0 Å². The number of hydrogen-bond donors (Lipinski definition) is 0. The summed E-state index contributed by atoms with van der Waals surface area (Å²) < 4.78 is 19.2. The number of ether oxygens (including phenoxy) is 2. The monoisotopic (exact) mass is 417 g/mol. The smallest absolute Gasteiger partial charge is 0.232 e. The second kappa shape index (κ2) is 8.69. The van der Waals surface area contributed by atoms with E-state index in [-0.39, 0.29) is 12.0 Å². The van der Waals surface area contributed by atoms with Crippen LogP contribution in [-0.2, 0) is 24.8 Å². The maximum atomic E-state index is 5.93. The highest BCUT2D eigenvalue weighted by atomic mass is 16.5. The molecule has 0 bridgehead atoms. The van der Waals surface area contributed by atoms with Crippen LogP contribution in [0.3, 0.4) is 0 Å². The predicted octanol–water partition coefficient (Wildman–Crippen LogP) is 3.61. The van der Waals surface area contributed by atoms with Gasteiger partial charge in [-0.25, -0.2) is 0 Å². The zero-order valence-electron chi connectivity index (χ0n) is 17.2. The van der Waals surface area contributed by atoms with E-state index in [1.807, 2.05) is 60.3 Å². The van der Waals surface area contributed by atoms with Gasteiger partial charge >= 0.3 is 0 Å². The summed E-state index contributed by atoms with van der Waals surface area (Å²) in [4.78, 5) is 8.91. The van der Waals surface area contributed by atoms with E-state index in [1.54, 1.807) is 12.4 Å². The number of benzene rings is 1. The normalized spacial score (nSPS) is 18.4. The Morgan fingerprint density at radius 3 is 2.77 bits per heavy atom. The van der Waals surface area contributed by atoms with E-state index in [9.17, 15) is 0 Å². The van der Waals surface area contributed by atoms with Gasteiger partial charge in [-0.15, -0.1) is 0 Å². The van der Waals surface area contributed by atoms with Crippen LogP contribution in [0.5, 0.6) is 5.75 Å². The highest BCUT2D eigenvalue weighted by Crippen LogP contribution is 2.40. The Hall–Kier alpha value is -3.52. The van der Waals surface area contributed by atoms with Crippen LogP contribution in [0.2, 0.25) is 0 Å². The molecule has 0 amide bonds. The van der Waals surface area contributed by atoms with Crippen LogP contribution in [-0.4, -0.2) is 31.5 Å². The summed E-state index contributed by atoms with van der Waals surface area (Å²) in [6, 6.07) is 15.7. The molecule has 0 unspecified atom stereocenters. The topological polar surface area (TPSA) is 88.1 Å². The highest BCUT2D eigenvalue weighted by molar-refractivity contribution is 5.29. The third-order valence-corrected chi connectivity index (χ3v) is 5.44. The first-order valence-electron chi connectivity index (χ1n) is 10.3. The molecule has 31 heavy (non-hydrogen) atoms. The molecule has 2 atom stereocenters. The summed E-state index contributed by atoms with van der Waals surface area (Å²) in [6.07, 6.45) is 4.86. The van der Waals surface area contributed by atoms with E-state index in [0.29, 0.717) is 31.3 Å². The fourth-order valence-electron chi connectivity index (χ4n) is 3.81.